The van der Waals surface area contributed by atoms with Crippen LogP contribution in [0.15, 0.2) is 0 Å². The van der Waals surface area contributed by atoms with Crippen molar-refractivity contribution < 1.29 is 24.0 Å². The van der Waals surface area contributed by atoms with Gasteiger partial charge in [0.05, 0.1) is 0 Å². The van der Waals surface area contributed by atoms with Crippen molar-refractivity contribution >= 4 is 21.1 Å². The maximum absolute atomic E-state index is 10.2. The van der Waals surface area contributed by atoms with Gasteiger partial charge in [-0.2, -0.15) is 0 Å². The predicted molar refractivity (Wildman–Crippen MR) is 55.6 cm³/mol. The fourth-order valence-corrected chi connectivity index (χ4v) is 0.669. The van der Waals surface area contributed by atoms with Gasteiger partial charge in [0, 0.05) is 6.54 Å². The lowest BCUT2D eigenvalue weighted by Gasteiger charge is -2.06. The standard InChI is InChI=1S/C6H14N4O2.H2O3Si/c7-4(5(11)12)2-1-3-10-6(8)9;1-4(2)3/h4H,1-3,7H2,(H,11,12)(H4,8,9,10);1-2H/t4-;/m0./s1. The van der Waals surface area contributed by atoms with Crippen LogP contribution in [0.5, 0.6) is 0 Å². The second-order valence-corrected chi connectivity index (χ2v) is 3.28. The fourth-order valence-electron chi connectivity index (χ4n) is 0.669. The molecule has 0 rings (SSSR count). The highest BCUT2D eigenvalue weighted by atomic mass is 28.3. The molecule has 0 aromatic heterocycles. The first-order valence-corrected chi connectivity index (χ1v) is 5.55. The minimum absolute atomic E-state index is 0.112. The van der Waals surface area contributed by atoms with Gasteiger partial charge >= 0.3 is 15.1 Å². The first-order chi connectivity index (χ1) is 7.27. The van der Waals surface area contributed by atoms with Gasteiger partial charge in [0.15, 0.2) is 5.96 Å². The molecule has 0 amide bonds. The number of nitrogens with two attached hydrogens (primary N) is 2. The van der Waals surface area contributed by atoms with Crippen LogP contribution in [0.1, 0.15) is 12.8 Å². The van der Waals surface area contributed by atoms with Crippen molar-refractivity contribution in [3.05, 3.63) is 0 Å². The van der Waals surface area contributed by atoms with Gasteiger partial charge in [0.25, 0.3) is 0 Å². The van der Waals surface area contributed by atoms with E-state index in [0.29, 0.717) is 19.4 Å². The molecule has 10 heteroatoms. The molecule has 0 aromatic rings. The Labute approximate surface area is 93.5 Å². The molecule has 0 heterocycles. The van der Waals surface area contributed by atoms with Gasteiger partial charge in [-0.05, 0) is 12.8 Å². The van der Waals surface area contributed by atoms with Gasteiger partial charge in [0.1, 0.15) is 6.04 Å². The smallest absolute Gasteiger partial charge is 0.511 e. The Bertz CT molecular complexity index is 245. The third-order valence-corrected chi connectivity index (χ3v) is 1.32. The van der Waals surface area contributed by atoms with Gasteiger partial charge in [-0.15, -0.1) is 0 Å². The lowest BCUT2D eigenvalue weighted by molar-refractivity contribution is -0.138. The van der Waals surface area contributed by atoms with Crippen LogP contribution in [0.4, 0.5) is 0 Å². The number of rotatable bonds is 5. The van der Waals surface area contributed by atoms with Crippen LogP contribution < -0.4 is 16.8 Å². The monoisotopic (exact) mass is 252 g/mol. The Morgan fingerprint density at radius 1 is 1.50 bits per heavy atom. The van der Waals surface area contributed by atoms with Crippen LogP contribution in [-0.2, 0) is 9.26 Å². The average molecular weight is 252 g/mol. The molecule has 16 heavy (non-hydrogen) atoms. The average Bonchev–Trinajstić information content (AvgIpc) is 2.10. The zero-order valence-corrected chi connectivity index (χ0v) is 9.51. The fraction of sp³-hybridized carbons (Fsp3) is 0.667. The molecule has 94 valence electrons. The van der Waals surface area contributed by atoms with Crippen molar-refractivity contribution in [2.45, 2.75) is 18.9 Å². The normalized spacial score (nSPS) is 10.6. The maximum Gasteiger partial charge on any atom is 0.761 e. The van der Waals surface area contributed by atoms with Crippen LogP contribution in [0, 0.1) is 5.41 Å². The molecule has 1 atom stereocenters. The molecule has 9 N–H and O–H groups in total. The van der Waals surface area contributed by atoms with E-state index in [2.05, 4.69) is 5.32 Å². The molecule has 0 bridgehead atoms. The zero-order valence-electron chi connectivity index (χ0n) is 8.51. The minimum Gasteiger partial charge on any atom is -0.511 e. The molecular formula is C6H16N4O5Si. The third kappa shape index (κ3) is 18.2. The second-order valence-electron chi connectivity index (χ2n) is 2.71. The lowest BCUT2D eigenvalue weighted by atomic mass is 10.2. The number of carboxylic acids is 1. The van der Waals surface area contributed by atoms with E-state index in [4.69, 9.17) is 36.0 Å². The number of aliphatic carboxylic acids is 1. The van der Waals surface area contributed by atoms with Crippen molar-refractivity contribution in [3.63, 3.8) is 0 Å². The van der Waals surface area contributed by atoms with E-state index in [-0.39, 0.29) is 5.96 Å². The molecule has 0 aliphatic carbocycles. The molecule has 0 aliphatic heterocycles. The number of hydrogen-bond donors (Lipinski definition) is 7. The molecular weight excluding hydrogens is 236 g/mol. The van der Waals surface area contributed by atoms with Crippen LogP contribution in [-0.4, -0.2) is 48.4 Å². The van der Waals surface area contributed by atoms with Crippen molar-refractivity contribution in [1.29, 1.82) is 5.41 Å². The first-order valence-electron chi connectivity index (χ1n) is 4.25. The number of nitrogens with one attached hydrogen (secondary N) is 2. The zero-order chi connectivity index (χ0) is 13.1. The molecule has 0 aliphatic rings. The Balaban J connectivity index is 0. The maximum atomic E-state index is 10.2. The van der Waals surface area contributed by atoms with E-state index in [9.17, 15) is 4.79 Å². The SMILES string of the molecule is N=C(N)NCCC[C@H](N)C(=O)O.O=[Si](O)O. The highest BCUT2D eigenvalue weighted by Gasteiger charge is 2.09. The second kappa shape index (κ2) is 9.86. The van der Waals surface area contributed by atoms with Gasteiger partial charge in [-0.3, -0.25) is 14.7 Å². The number of carboxylic acid groups (broad SMARTS) is 1. The summed E-state index contributed by atoms with van der Waals surface area (Å²) in [7, 11) is -3.13. The van der Waals surface area contributed by atoms with Crippen LogP contribution >= 0.6 is 0 Å². The summed E-state index contributed by atoms with van der Waals surface area (Å²) in [5, 5.41) is 17.7. The van der Waals surface area contributed by atoms with Gasteiger partial charge in [-0.1, -0.05) is 0 Å². The largest absolute Gasteiger partial charge is 0.761 e. The number of guanidine groups is 1. The first kappa shape index (κ1) is 16.7. The molecule has 0 spiro atoms. The lowest BCUT2D eigenvalue weighted by Crippen LogP contribution is -2.34. The predicted octanol–water partition coefficient (Wildman–Crippen LogP) is -2.95. The summed E-state index contributed by atoms with van der Waals surface area (Å²) < 4.78 is 8.74. The van der Waals surface area contributed by atoms with Crippen LogP contribution in [0.2, 0.25) is 0 Å². The Morgan fingerprint density at radius 2 is 1.94 bits per heavy atom. The molecule has 0 radical (unpaired) electrons. The summed E-state index contributed by atoms with van der Waals surface area (Å²) in [6, 6.07) is -0.821. The van der Waals surface area contributed by atoms with Gasteiger partial charge in [0.2, 0.25) is 0 Å². The number of carbonyl (C=O) groups is 1. The van der Waals surface area contributed by atoms with Crippen molar-refractivity contribution in [1.82, 2.24) is 5.32 Å². The quantitative estimate of drug-likeness (QED) is 0.117. The van der Waals surface area contributed by atoms with Crippen LogP contribution in [0.25, 0.3) is 0 Å². The molecule has 0 fully saturated rings. The highest BCUT2D eigenvalue weighted by Crippen LogP contribution is 1.92. The summed E-state index contributed by atoms with van der Waals surface area (Å²) in [6.07, 6.45) is 0.975. The Hall–Kier alpha value is -1.68. The third-order valence-electron chi connectivity index (χ3n) is 1.32. The van der Waals surface area contributed by atoms with E-state index >= 15 is 0 Å². The molecule has 0 saturated heterocycles. The molecule has 9 nitrogen and oxygen atoms in total. The van der Waals surface area contributed by atoms with E-state index in [1.54, 1.807) is 0 Å². The molecule has 0 unspecified atom stereocenters. The van der Waals surface area contributed by atoms with Gasteiger partial charge < -0.3 is 31.5 Å². The van der Waals surface area contributed by atoms with E-state index < -0.39 is 21.2 Å². The topological polar surface area (TPSA) is 183 Å². The summed E-state index contributed by atoms with van der Waals surface area (Å²) in [5.41, 5.74) is 10.2. The summed E-state index contributed by atoms with van der Waals surface area (Å²) in [4.78, 5) is 24.5. The Kier molecular flexibility index (Phi) is 10.3. The minimum atomic E-state index is -3.13. The van der Waals surface area contributed by atoms with Crippen LogP contribution in [0.3, 0.4) is 0 Å². The van der Waals surface area contributed by atoms with E-state index in [1.165, 1.54) is 0 Å². The van der Waals surface area contributed by atoms with E-state index in [0.717, 1.165) is 0 Å². The summed E-state index contributed by atoms with van der Waals surface area (Å²) >= 11 is 0. The number of hydrogen-bond acceptors (Lipinski definition) is 4. The Morgan fingerprint density at radius 3 is 2.25 bits per heavy atom. The molecule has 0 saturated carbocycles. The summed E-state index contributed by atoms with van der Waals surface area (Å²) in [6.45, 7) is 0.482. The van der Waals surface area contributed by atoms with E-state index in [1.807, 2.05) is 0 Å². The van der Waals surface area contributed by atoms with Gasteiger partial charge in [-0.25, -0.2) is 0 Å². The highest BCUT2D eigenvalue weighted by molar-refractivity contribution is 6.22. The van der Waals surface area contributed by atoms with Crippen molar-refractivity contribution in [2.24, 2.45) is 11.5 Å². The molecule has 0 aromatic carbocycles. The summed E-state index contributed by atoms with van der Waals surface area (Å²) in [5.74, 6) is -1.11. The van der Waals surface area contributed by atoms with Crippen molar-refractivity contribution in [2.75, 3.05) is 6.54 Å². The van der Waals surface area contributed by atoms with Crippen molar-refractivity contribution in [3.8, 4) is 0 Å².